The number of nitrogens with zero attached hydrogens (tertiary/aromatic N) is 4. The number of carbonyl (C=O) groups is 1. The molecule has 0 fully saturated rings. The molecule has 29 heavy (non-hydrogen) atoms. The summed E-state index contributed by atoms with van der Waals surface area (Å²) in [6.07, 6.45) is 1.62. The van der Waals surface area contributed by atoms with E-state index in [4.69, 9.17) is 9.84 Å². The van der Waals surface area contributed by atoms with E-state index in [-0.39, 0.29) is 48.3 Å². The lowest BCUT2D eigenvalue weighted by Gasteiger charge is -2.19. The van der Waals surface area contributed by atoms with Crippen LogP contribution in [-0.2, 0) is 4.74 Å². The van der Waals surface area contributed by atoms with Crippen molar-refractivity contribution in [3.05, 3.63) is 60.1 Å². The number of imidazole rings is 1. The number of benzene rings is 1. The van der Waals surface area contributed by atoms with Crippen LogP contribution in [0.15, 0.2) is 54.5 Å². The molecular weight excluding hydrogens is 378 g/mol. The van der Waals surface area contributed by atoms with Crippen LogP contribution in [0.5, 0.6) is 0 Å². The summed E-state index contributed by atoms with van der Waals surface area (Å²) in [4.78, 5) is 24.9. The quantitative estimate of drug-likeness (QED) is 0.423. The lowest BCUT2D eigenvalue weighted by molar-refractivity contribution is -0.0172. The molecular formula is C19H21N5O5. The number of amides is 1. The molecule has 2 heterocycles. The molecule has 10 nitrogen and oxygen atoms in total. The normalized spacial score (nSPS) is 13.2. The Morgan fingerprint density at radius 2 is 1.97 bits per heavy atom. The Kier molecular flexibility index (Phi) is 6.37. The summed E-state index contributed by atoms with van der Waals surface area (Å²) < 4.78 is 6.86. The maximum atomic E-state index is 12.4. The first kappa shape index (κ1) is 20.2. The van der Waals surface area contributed by atoms with E-state index in [9.17, 15) is 15.0 Å². The first-order chi connectivity index (χ1) is 14.1. The third-order valence-corrected chi connectivity index (χ3v) is 4.11. The maximum absolute atomic E-state index is 12.4. The largest absolute Gasteiger partial charge is 0.509 e. The van der Waals surface area contributed by atoms with Crippen LogP contribution in [0.1, 0.15) is 29.9 Å². The van der Waals surface area contributed by atoms with Crippen molar-refractivity contribution in [2.45, 2.75) is 19.6 Å². The third-order valence-electron chi connectivity index (χ3n) is 4.11. The van der Waals surface area contributed by atoms with Crippen molar-refractivity contribution in [2.24, 2.45) is 0 Å². The summed E-state index contributed by atoms with van der Waals surface area (Å²) in [7, 11) is 0. The molecule has 152 valence electrons. The van der Waals surface area contributed by atoms with Gasteiger partial charge in [-0.1, -0.05) is 25.1 Å². The topological polar surface area (TPSA) is 143 Å². The van der Waals surface area contributed by atoms with Gasteiger partial charge in [0.1, 0.15) is 12.1 Å². The van der Waals surface area contributed by atoms with Crippen molar-refractivity contribution in [1.82, 2.24) is 19.5 Å². The van der Waals surface area contributed by atoms with Gasteiger partial charge in [0.2, 0.25) is 0 Å². The van der Waals surface area contributed by atoms with Gasteiger partial charge in [-0.05, 0) is 12.1 Å². The number of rotatable bonds is 8. The zero-order valence-corrected chi connectivity index (χ0v) is 15.7. The van der Waals surface area contributed by atoms with Crippen LogP contribution in [0, 0.1) is 0 Å². The summed E-state index contributed by atoms with van der Waals surface area (Å²) in [5, 5.41) is 32.1. The predicted octanol–water partition coefficient (Wildman–Crippen LogP) is 2.32. The maximum Gasteiger partial charge on any atom is 0.256 e. The number of ether oxygens (including phenoxy) is 1. The van der Waals surface area contributed by atoms with Gasteiger partial charge in [0.05, 0.1) is 19.5 Å². The molecule has 4 N–H and O–H groups in total. The number of hydrogen-bond acceptors (Lipinski definition) is 8. The SMILES string of the molecule is CC/C(O)=C(/O)C(OCCO)n1cnc2c(NC(=O)c3ccccc3)ncnc21. The Morgan fingerprint density at radius 1 is 1.21 bits per heavy atom. The smallest absolute Gasteiger partial charge is 0.256 e. The van der Waals surface area contributed by atoms with Crippen molar-refractivity contribution in [3.63, 3.8) is 0 Å². The highest BCUT2D eigenvalue weighted by Crippen LogP contribution is 2.26. The molecule has 0 spiro atoms. The van der Waals surface area contributed by atoms with Crippen LogP contribution in [0.2, 0.25) is 0 Å². The van der Waals surface area contributed by atoms with Gasteiger partial charge in [0.25, 0.3) is 5.91 Å². The van der Waals surface area contributed by atoms with Gasteiger partial charge in [-0.3, -0.25) is 9.36 Å². The van der Waals surface area contributed by atoms with E-state index in [0.29, 0.717) is 5.56 Å². The van der Waals surface area contributed by atoms with E-state index >= 15 is 0 Å². The number of allylic oxidation sites excluding steroid dienone is 1. The van der Waals surface area contributed by atoms with Crippen molar-refractivity contribution in [3.8, 4) is 0 Å². The van der Waals surface area contributed by atoms with Crippen LogP contribution in [0.25, 0.3) is 11.2 Å². The summed E-state index contributed by atoms with van der Waals surface area (Å²) in [5.41, 5.74) is 0.996. The molecule has 1 unspecified atom stereocenters. The van der Waals surface area contributed by atoms with Crippen molar-refractivity contribution < 1.29 is 24.9 Å². The monoisotopic (exact) mass is 399 g/mol. The lowest BCUT2D eigenvalue weighted by Crippen LogP contribution is -2.19. The van der Waals surface area contributed by atoms with Gasteiger partial charge in [-0.2, -0.15) is 0 Å². The number of aliphatic hydroxyl groups excluding tert-OH is 3. The number of hydrogen-bond donors (Lipinski definition) is 4. The standard InChI is InChI=1S/C19H21N5O5/c1-2-13(26)15(27)19(29-9-8-25)24-11-22-14-16(20-10-21-17(14)24)23-18(28)12-6-4-3-5-7-12/h3-7,10-11,19,25-27H,2,8-9H2,1H3,(H,20,21,23,28)/b15-13-. The van der Waals surface area contributed by atoms with Crippen LogP contribution >= 0.6 is 0 Å². The highest BCUT2D eigenvalue weighted by atomic mass is 16.5. The lowest BCUT2D eigenvalue weighted by atomic mass is 10.2. The Hall–Kier alpha value is -3.50. The molecule has 0 aliphatic rings. The number of carbonyl (C=O) groups excluding carboxylic acids is 1. The van der Waals surface area contributed by atoms with Crippen LogP contribution in [0.3, 0.4) is 0 Å². The molecule has 3 rings (SSSR count). The number of aliphatic hydroxyl groups is 3. The molecule has 0 radical (unpaired) electrons. The molecule has 10 heteroatoms. The fourth-order valence-electron chi connectivity index (χ4n) is 2.66. The van der Waals surface area contributed by atoms with Crippen molar-refractivity contribution in [2.75, 3.05) is 18.5 Å². The number of fused-ring (bicyclic) bond motifs is 1. The highest BCUT2D eigenvalue weighted by molar-refractivity contribution is 6.06. The molecule has 2 aromatic heterocycles. The van der Waals surface area contributed by atoms with Gasteiger partial charge in [-0.15, -0.1) is 0 Å². The minimum absolute atomic E-state index is 0.0892. The second-order valence-electron chi connectivity index (χ2n) is 6.00. The van der Waals surface area contributed by atoms with Gasteiger partial charge >= 0.3 is 0 Å². The van der Waals surface area contributed by atoms with Gasteiger partial charge in [0, 0.05) is 12.0 Å². The third kappa shape index (κ3) is 4.33. The van der Waals surface area contributed by atoms with E-state index in [1.54, 1.807) is 37.3 Å². The van der Waals surface area contributed by atoms with Gasteiger partial charge in [-0.25, -0.2) is 15.0 Å². The molecule has 0 saturated carbocycles. The fraction of sp³-hybridized carbons (Fsp3) is 0.263. The average molecular weight is 399 g/mol. The molecule has 3 aromatic rings. The molecule has 0 saturated heterocycles. The first-order valence-electron chi connectivity index (χ1n) is 8.94. The molecule has 1 aromatic carbocycles. The molecule has 1 amide bonds. The summed E-state index contributed by atoms with van der Waals surface area (Å²) in [6.45, 7) is 1.30. The predicted molar refractivity (Wildman–Crippen MR) is 104 cm³/mol. The number of anilines is 1. The summed E-state index contributed by atoms with van der Waals surface area (Å²) in [6, 6.07) is 8.64. The van der Waals surface area contributed by atoms with E-state index in [1.165, 1.54) is 17.2 Å². The Morgan fingerprint density at radius 3 is 2.66 bits per heavy atom. The van der Waals surface area contributed by atoms with Crippen LogP contribution in [0.4, 0.5) is 5.82 Å². The molecule has 0 aliphatic heterocycles. The zero-order chi connectivity index (χ0) is 20.8. The molecule has 0 bridgehead atoms. The van der Waals surface area contributed by atoms with E-state index in [2.05, 4.69) is 20.3 Å². The fourth-order valence-corrected chi connectivity index (χ4v) is 2.66. The number of aromatic nitrogens is 4. The van der Waals surface area contributed by atoms with E-state index in [1.807, 2.05) is 0 Å². The molecule has 1 atom stereocenters. The first-order valence-corrected chi connectivity index (χ1v) is 8.94. The zero-order valence-electron chi connectivity index (χ0n) is 15.7. The van der Waals surface area contributed by atoms with Gasteiger partial charge in [0.15, 0.2) is 29.0 Å². The Labute approximate surface area is 166 Å². The molecule has 0 aliphatic carbocycles. The minimum Gasteiger partial charge on any atom is -0.509 e. The summed E-state index contributed by atoms with van der Waals surface area (Å²) in [5.74, 6) is -0.860. The van der Waals surface area contributed by atoms with Crippen LogP contribution < -0.4 is 5.32 Å². The van der Waals surface area contributed by atoms with Crippen molar-refractivity contribution >= 4 is 22.9 Å². The second kappa shape index (κ2) is 9.13. The second-order valence-corrected chi connectivity index (χ2v) is 6.00. The summed E-state index contributed by atoms with van der Waals surface area (Å²) >= 11 is 0. The van der Waals surface area contributed by atoms with Gasteiger partial charge < -0.3 is 25.4 Å². The van der Waals surface area contributed by atoms with E-state index in [0.717, 1.165) is 0 Å². The Bertz CT molecular complexity index is 1020. The minimum atomic E-state index is -1.15. The van der Waals surface area contributed by atoms with Crippen LogP contribution in [-0.4, -0.2) is 54.0 Å². The number of nitrogens with one attached hydrogen (secondary N) is 1. The van der Waals surface area contributed by atoms with E-state index < -0.39 is 12.0 Å². The van der Waals surface area contributed by atoms with Crippen molar-refractivity contribution in [1.29, 1.82) is 0 Å². The Balaban J connectivity index is 1.98. The highest BCUT2D eigenvalue weighted by Gasteiger charge is 2.24. The average Bonchev–Trinajstić information content (AvgIpc) is 3.19.